The van der Waals surface area contributed by atoms with Gasteiger partial charge in [0.25, 0.3) is 0 Å². The third kappa shape index (κ3) is 2.40. The topological polar surface area (TPSA) is 56.0 Å². The predicted molar refractivity (Wildman–Crippen MR) is 62.0 cm³/mol. The Bertz CT molecular complexity index is 445. The molecule has 1 aromatic carbocycles. The first-order valence-electron chi connectivity index (χ1n) is 4.86. The molecule has 4 heteroatoms. The van der Waals surface area contributed by atoms with Gasteiger partial charge in [0.15, 0.2) is 0 Å². The van der Waals surface area contributed by atoms with Crippen LogP contribution in [-0.2, 0) is 11.2 Å². The highest BCUT2D eigenvalue weighted by Gasteiger charge is 2.05. The molecule has 2 aromatic rings. The van der Waals surface area contributed by atoms with E-state index in [1.807, 2.05) is 24.3 Å². The number of carbonyl (C=O) groups excluding carboxylic acids is 1. The number of para-hydroxylation sites is 1. The van der Waals surface area contributed by atoms with E-state index >= 15 is 0 Å². The van der Waals surface area contributed by atoms with Crippen LogP contribution in [0.1, 0.15) is 11.4 Å². The number of nitrogens with zero attached hydrogens (tertiary/aromatic N) is 1. The Kier molecular flexibility index (Phi) is 3.08. The number of ketones is 1. The Morgan fingerprint density at radius 2 is 2.20 bits per heavy atom. The normalized spacial score (nSPS) is 10.7. The van der Waals surface area contributed by atoms with Crippen molar-refractivity contribution in [2.75, 3.05) is 6.54 Å². The summed E-state index contributed by atoms with van der Waals surface area (Å²) in [6, 6.07) is 7.99. The zero-order valence-corrected chi connectivity index (χ0v) is 9.09. The van der Waals surface area contributed by atoms with Crippen molar-refractivity contribution in [3.8, 4) is 0 Å². The van der Waals surface area contributed by atoms with E-state index < -0.39 is 0 Å². The summed E-state index contributed by atoms with van der Waals surface area (Å²) in [6.45, 7) is 0.130. The Balaban J connectivity index is 2.12. The van der Waals surface area contributed by atoms with Gasteiger partial charge in [-0.25, -0.2) is 4.98 Å². The molecule has 2 rings (SSSR count). The smallest absolute Gasteiger partial charge is 0.146 e. The largest absolute Gasteiger partial charge is 0.324 e. The lowest BCUT2D eigenvalue weighted by atomic mass is 10.2. The second kappa shape index (κ2) is 4.51. The van der Waals surface area contributed by atoms with Crippen molar-refractivity contribution in [3.05, 3.63) is 29.3 Å². The molecule has 2 N–H and O–H groups in total. The number of fused-ring (bicyclic) bond motifs is 1. The van der Waals surface area contributed by atoms with Crippen LogP contribution < -0.4 is 5.73 Å². The molecule has 0 aliphatic carbocycles. The van der Waals surface area contributed by atoms with Crippen LogP contribution in [0.4, 0.5) is 0 Å². The SMILES string of the molecule is NCC(=O)CCc1nc2ccccc2s1. The molecule has 1 aromatic heterocycles. The van der Waals surface area contributed by atoms with Crippen molar-refractivity contribution in [3.63, 3.8) is 0 Å². The van der Waals surface area contributed by atoms with Gasteiger partial charge in [-0.15, -0.1) is 11.3 Å². The van der Waals surface area contributed by atoms with E-state index in [1.165, 1.54) is 4.70 Å². The van der Waals surface area contributed by atoms with E-state index in [-0.39, 0.29) is 12.3 Å². The van der Waals surface area contributed by atoms with E-state index in [2.05, 4.69) is 4.98 Å². The molecule has 0 aliphatic rings. The number of aromatic nitrogens is 1. The number of nitrogens with two attached hydrogens (primary N) is 1. The molecule has 3 nitrogen and oxygen atoms in total. The van der Waals surface area contributed by atoms with Gasteiger partial charge < -0.3 is 5.73 Å². The quantitative estimate of drug-likeness (QED) is 0.854. The van der Waals surface area contributed by atoms with Crippen molar-refractivity contribution in [2.24, 2.45) is 5.73 Å². The van der Waals surface area contributed by atoms with Gasteiger partial charge in [0.1, 0.15) is 5.78 Å². The molecule has 0 radical (unpaired) electrons. The van der Waals surface area contributed by atoms with Crippen LogP contribution in [0.25, 0.3) is 10.2 Å². The molecule has 0 atom stereocenters. The van der Waals surface area contributed by atoms with Crippen molar-refractivity contribution < 1.29 is 4.79 Å². The van der Waals surface area contributed by atoms with E-state index in [4.69, 9.17) is 5.73 Å². The standard InChI is InChI=1S/C11H12N2OS/c12-7-8(14)5-6-11-13-9-3-1-2-4-10(9)15-11/h1-4H,5-7,12H2. The summed E-state index contributed by atoms with van der Waals surface area (Å²) >= 11 is 1.65. The Labute approximate surface area is 91.9 Å². The highest BCUT2D eigenvalue weighted by Crippen LogP contribution is 2.22. The third-order valence-electron chi connectivity index (χ3n) is 2.18. The van der Waals surface area contributed by atoms with Gasteiger partial charge in [-0.3, -0.25) is 4.79 Å². The van der Waals surface area contributed by atoms with Crippen molar-refractivity contribution in [2.45, 2.75) is 12.8 Å². The minimum atomic E-state index is 0.0919. The molecule has 78 valence electrons. The maximum atomic E-state index is 11.1. The Morgan fingerprint density at radius 3 is 2.93 bits per heavy atom. The van der Waals surface area contributed by atoms with Gasteiger partial charge in [-0.1, -0.05) is 12.1 Å². The Hall–Kier alpha value is -1.26. The number of aryl methyl sites for hydroxylation is 1. The second-order valence-electron chi connectivity index (χ2n) is 3.32. The molecule has 0 saturated carbocycles. The molecule has 0 fully saturated rings. The summed E-state index contributed by atoms with van der Waals surface area (Å²) in [4.78, 5) is 15.5. The first-order valence-corrected chi connectivity index (χ1v) is 5.67. The van der Waals surface area contributed by atoms with Gasteiger partial charge in [0.05, 0.1) is 21.8 Å². The zero-order chi connectivity index (χ0) is 10.7. The van der Waals surface area contributed by atoms with Crippen LogP contribution in [-0.4, -0.2) is 17.3 Å². The summed E-state index contributed by atoms with van der Waals surface area (Å²) in [5.74, 6) is 0.0919. The fraction of sp³-hybridized carbons (Fsp3) is 0.273. The summed E-state index contributed by atoms with van der Waals surface area (Å²) in [6.07, 6.45) is 1.20. The number of hydrogen-bond donors (Lipinski definition) is 1. The molecule has 0 spiro atoms. The number of rotatable bonds is 4. The van der Waals surface area contributed by atoms with Crippen molar-refractivity contribution in [1.29, 1.82) is 0 Å². The summed E-state index contributed by atoms with van der Waals surface area (Å²) in [5.41, 5.74) is 6.26. The lowest BCUT2D eigenvalue weighted by Gasteiger charge is -1.93. The second-order valence-corrected chi connectivity index (χ2v) is 4.43. The number of thiazole rings is 1. The lowest BCUT2D eigenvalue weighted by molar-refractivity contribution is -0.117. The first kappa shape index (κ1) is 10.3. The highest BCUT2D eigenvalue weighted by atomic mass is 32.1. The van der Waals surface area contributed by atoms with Crippen LogP contribution in [0.2, 0.25) is 0 Å². The molecule has 1 heterocycles. The molecule has 0 bridgehead atoms. The van der Waals surface area contributed by atoms with Crippen LogP contribution in [0.15, 0.2) is 24.3 Å². The molecule has 15 heavy (non-hydrogen) atoms. The van der Waals surface area contributed by atoms with E-state index in [0.29, 0.717) is 12.8 Å². The van der Waals surface area contributed by atoms with Crippen LogP contribution in [0.3, 0.4) is 0 Å². The van der Waals surface area contributed by atoms with Crippen molar-refractivity contribution in [1.82, 2.24) is 4.98 Å². The minimum absolute atomic E-state index is 0.0919. The number of benzene rings is 1. The summed E-state index contributed by atoms with van der Waals surface area (Å²) < 4.78 is 1.17. The minimum Gasteiger partial charge on any atom is -0.324 e. The summed E-state index contributed by atoms with van der Waals surface area (Å²) in [7, 11) is 0. The van der Waals surface area contributed by atoms with Gasteiger partial charge in [-0.2, -0.15) is 0 Å². The number of hydrogen-bond acceptors (Lipinski definition) is 4. The third-order valence-corrected chi connectivity index (χ3v) is 3.28. The zero-order valence-electron chi connectivity index (χ0n) is 8.27. The average molecular weight is 220 g/mol. The Morgan fingerprint density at radius 1 is 1.40 bits per heavy atom. The van der Waals surface area contributed by atoms with E-state index in [1.54, 1.807) is 11.3 Å². The maximum absolute atomic E-state index is 11.1. The number of Topliss-reactive ketones (excluding diaryl/α,β-unsaturated/α-hetero) is 1. The van der Waals surface area contributed by atoms with Crippen molar-refractivity contribution >= 4 is 27.3 Å². The first-order chi connectivity index (χ1) is 7.29. The van der Waals surface area contributed by atoms with Crippen LogP contribution in [0, 0.1) is 0 Å². The predicted octanol–water partition coefficient (Wildman–Crippen LogP) is 1.76. The maximum Gasteiger partial charge on any atom is 0.146 e. The fourth-order valence-corrected chi connectivity index (χ4v) is 2.34. The molecular formula is C11H12N2OS. The van der Waals surface area contributed by atoms with Gasteiger partial charge in [-0.05, 0) is 12.1 Å². The monoisotopic (exact) mass is 220 g/mol. The molecule has 0 unspecified atom stereocenters. The molecule has 0 aliphatic heterocycles. The molecular weight excluding hydrogens is 208 g/mol. The fourth-order valence-electron chi connectivity index (χ4n) is 1.38. The van der Waals surface area contributed by atoms with E-state index in [0.717, 1.165) is 10.5 Å². The van der Waals surface area contributed by atoms with Gasteiger partial charge in [0, 0.05) is 12.8 Å². The van der Waals surface area contributed by atoms with Crippen LogP contribution >= 0.6 is 11.3 Å². The van der Waals surface area contributed by atoms with E-state index in [9.17, 15) is 4.79 Å². The average Bonchev–Trinajstić information content (AvgIpc) is 2.68. The highest BCUT2D eigenvalue weighted by molar-refractivity contribution is 7.18. The van der Waals surface area contributed by atoms with Gasteiger partial charge in [0.2, 0.25) is 0 Å². The lowest BCUT2D eigenvalue weighted by Crippen LogP contribution is -2.13. The van der Waals surface area contributed by atoms with Gasteiger partial charge >= 0.3 is 0 Å². The molecule has 0 saturated heterocycles. The van der Waals surface area contributed by atoms with Crippen LogP contribution in [0.5, 0.6) is 0 Å². The number of carbonyl (C=O) groups is 1. The molecule has 0 amide bonds. The summed E-state index contributed by atoms with van der Waals surface area (Å²) in [5, 5.41) is 1.01.